The number of amides is 1. The fourth-order valence-electron chi connectivity index (χ4n) is 1.33. The van der Waals surface area contributed by atoms with Crippen LogP contribution in [0.25, 0.3) is 0 Å². The molecular formula is C10H15N3O3. The Morgan fingerprint density at radius 1 is 1.56 bits per heavy atom. The van der Waals surface area contributed by atoms with Gasteiger partial charge < -0.3 is 10.0 Å². The smallest absolute Gasteiger partial charge is 0.326 e. The largest absolute Gasteiger partial charge is 0.480 e. The van der Waals surface area contributed by atoms with E-state index in [2.05, 4.69) is 5.10 Å². The van der Waals surface area contributed by atoms with Crippen molar-refractivity contribution in [1.82, 2.24) is 14.7 Å². The highest BCUT2D eigenvalue weighted by Gasteiger charge is 2.25. The summed E-state index contributed by atoms with van der Waals surface area (Å²) in [6.45, 7) is 3.22. The minimum atomic E-state index is -1.04. The number of hydrogen-bond acceptors (Lipinski definition) is 3. The van der Waals surface area contributed by atoms with Gasteiger partial charge in [0, 0.05) is 25.9 Å². The number of likely N-dealkylation sites (N-methyl/N-ethyl adjacent to an activating group) is 1. The summed E-state index contributed by atoms with van der Waals surface area (Å²) in [4.78, 5) is 23.8. The number of carbonyl (C=O) groups excluding carboxylic acids is 1. The molecule has 0 aliphatic rings. The Balaban J connectivity index is 2.94. The Morgan fingerprint density at radius 3 is 2.50 bits per heavy atom. The second kappa shape index (κ2) is 4.34. The third-order valence-corrected chi connectivity index (χ3v) is 2.47. The van der Waals surface area contributed by atoms with Crippen LogP contribution in [0.4, 0.5) is 0 Å². The Kier molecular flexibility index (Phi) is 3.31. The van der Waals surface area contributed by atoms with Gasteiger partial charge in [-0.05, 0) is 13.8 Å². The molecule has 6 heteroatoms. The van der Waals surface area contributed by atoms with Gasteiger partial charge in [0.25, 0.3) is 5.91 Å². The number of nitrogens with zero attached hydrogens (tertiary/aromatic N) is 3. The van der Waals surface area contributed by atoms with E-state index in [9.17, 15) is 9.59 Å². The van der Waals surface area contributed by atoms with Crippen LogP contribution in [-0.2, 0) is 11.8 Å². The van der Waals surface area contributed by atoms with Crippen molar-refractivity contribution in [3.63, 3.8) is 0 Å². The molecule has 0 radical (unpaired) electrons. The van der Waals surface area contributed by atoms with Gasteiger partial charge in [-0.1, -0.05) is 0 Å². The van der Waals surface area contributed by atoms with Gasteiger partial charge in [0.1, 0.15) is 6.04 Å². The van der Waals surface area contributed by atoms with Crippen LogP contribution in [-0.4, -0.2) is 44.8 Å². The lowest BCUT2D eigenvalue weighted by molar-refractivity contribution is -0.141. The van der Waals surface area contributed by atoms with Gasteiger partial charge in [-0.25, -0.2) is 4.79 Å². The monoisotopic (exact) mass is 225 g/mol. The maximum absolute atomic E-state index is 11.9. The predicted molar refractivity (Wildman–Crippen MR) is 57.1 cm³/mol. The van der Waals surface area contributed by atoms with E-state index in [0.717, 1.165) is 10.5 Å². The van der Waals surface area contributed by atoms with Crippen LogP contribution < -0.4 is 0 Å². The highest BCUT2D eigenvalue weighted by atomic mass is 16.4. The summed E-state index contributed by atoms with van der Waals surface area (Å²) in [5.74, 6) is -1.42. The first kappa shape index (κ1) is 12.2. The van der Waals surface area contributed by atoms with Crippen molar-refractivity contribution in [3.05, 3.63) is 17.5 Å². The maximum atomic E-state index is 11.9. The fourth-order valence-corrected chi connectivity index (χ4v) is 1.33. The molecule has 1 atom stereocenters. The van der Waals surface area contributed by atoms with E-state index >= 15 is 0 Å². The minimum Gasteiger partial charge on any atom is -0.480 e. The fraction of sp³-hybridized carbons (Fsp3) is 0.500. The molecule has 0 spiro atoms. The van der Waals surface area contributed by atoms with E-state index < -0.39 is 12.0 Å². The molecule has 0 aliphatic heterocycles. The Morgan fingerprint density at radius 2 is 2.12 bits per heavy atom. The SMILES string of the molecule is Cc1cn(C)nc1C(=O)N(C)C(C)C(=O)O. The number of hydrogen-bond donors (Lipinski definition) is 1. The molecule has 1 aromatic rings. The zero-order valence-electron chi connectivity index (χ0n) is 9.76. The lowest BCUT2D eigenvalue weighted by atomic mass is 10.2. The molecule has 1 heterocycles. The summed E-state index contributed by atoms with van der Waals surface area (Å²) in [6.07, 6.45) is 1.71. The molecular weight excluding hydrogens is 210 g/mol. The highest BCUT2D eigenvalue weighted by molar-refractivity contribution is 5.95. The number of rotatable bonds is 3. The van der Waals surface area contributed by atoms with Gasteiger partial charge >= 0.3 is 5.97 Å². The molecule has 0 saturated carbocycles. The van der Waals surface area contributed by atoms with Crippen LogP contribution >= 0.6 is 0 Å². The number of aromatic nitrogens is 2. The van der Waals surface area contributed by atoms with Gasteiger partial charge in [-0.2, -0.15) is 5.10 Å². The zero-order valence-corrected chi connectivity index (χ0v) is 9.76. The lowest BCUT2D eigenvalue weighted by Gasteiger charge is -2.20. The van der Waals surface area contributed by atoms with Crippen molar-refractivity contribution < 1.29 is 14.7 Å². The zero-order chi connectivity index (χ0) is 12.5. The van der Waals surface area contributed by atoms with Gasteiger partial charge in [0.2, 0.25) is 0 Å². The van der Waals surface area contributed by atoms with E-state index in [0.29, 0.717) is 0 Å². The normalized spacial score (nSPS) is 12.2. The molecule has 0 bridgehead atoms. The Hall–Kier alpha value is -1.85. The van der Waals surface area contributed by atoms with Crippen molar-refractivity contribution >= 4 is 11.9 Å². The van der Waals surface area contributed by atoms with Crippen LogP contribution in [0, 0.1) is 6.92 Å². The van der Waals surface area contributed by atoms with E-state index in [4.69, 9.17) is 5.11 Å². The molecule has 0 aromatic carbocycles. The number of carboxylic acid groups (broad SMARTS) is 1. The van der Waals surface area contributed by atoms with Crippen LogP contribution in [0.2, 0.25) is 0 Å². The molecule has 16 heavy (non-hydrogen) atoms. The summed E-state index contributed by atoms with van der Waals surface area (Å²) >= 11 is 0. The number of aliphatic carboxylic acids is 1. The Labute approximate surface area is 93.5 Å². The second-order valence-electron chi connectivity index (χ2n) is 3.76. The van der Waals surface area contributed by atoms with Gasteiger partial charge in [0.05, 0.1) is 0 Å². The van der Waals surface area contributed by atoms with E-state index in [1.165, 1.54) is 18.7 Å². The van der Waals surface area contributed by atoms with Crippen molar-refractivity contribution in [2.45, 2.75) is 19.9 Å². The lowest BCUT2D eigenvalue weighted by Crippen LogP contribution is -2.40. The van der Waals surface area contributed by atoms with Crippen LogP contribution in [0.5, 0.6) is 0 Å². The quantitative estimate of drug-likeness (QED) is 0.801. The highest BCUT2D eigenvalue weighted by Crippen LogP contribution is 2.09. The van der Waals surface area contributed by atoms with Crippen molar-refractivity contribution in [2.75, 3.05) is 7.05 Å². The first-order valence-corrected chi connectivity index (χ1v) is 4.84. The van der Waals surface area contributed by atoms with Crippen molar-refractivity contribution in [3.8, 4) is 0 Å². The van der Waals surface area contributed by atoms with Gasteiger partial charge in [-0.15, -0.1) is 0 Å². The minimum absolute atomic E-state index is 0.290. The summed E-state index contributed by atoms with van der Waals surface area (Å²) in [5.41, 5.74) is 1.02. The van der Waals surface area contributed by atoms with Crippen molar-refractivity contribution in [2.24, 2.45) is 7.05 Å². The average Bonchev–Trinajstić information content (AvgIpc) is 2.54. The second-order valence-corrected chi connectivity index (χ2v) is 3.76. The van der Waals surface area contributed by atoms with Crippen LogP contribution in [0.3, 0.4) is 0 Å². The van der Waals surface area contributed by atoms with Crippen molar-refractivity contribution in [1.29, 1.82) is 0 Å². The standard InChI is InChI=1S/C10H15N3O3/c1-6-5-12(3)11-8(6)9(14)13(4)7(2)10(15)16/h5,7H,1-4H3,(H,15,16). The molecule has 0 saturated heterocycles. The van der Waals surface area contributed by atoms with E-state index in [1.54, 1.807) is 20.2 Å². The number of carboxylic acids is 1. The molecule has 0 aliphatic carbocycles. The van der Waals surface area contributed by atoms with Gasteiger partial charge in [-0.3, -0.25) is 9.48 Å². The van der Waals surface area contributed by atoms with E-state index in [-0.39, 0.29) is 11.6 Å². The summed E-state index contributed by atoms with van der Waals surface area (Å²) in [6, 6.07) is -0.867. The third-order valence-electron chi connectivity index (χ3n) is 2.47. The van der Waals surface area contributed by atoms with E-state index in [1.807, 2.05) is 0 Å². The molecule has 1 N–H and O–H groups in total. The Bertz CT molecular complexity index is 425. The first-order chi connectivity index (χ1) is 7.34. The van der Waals surface area contributed by atoms with Gasteiger partial charge in [0.15, 0.2) is 5.69 Å². The number of aryl methyl sites for hydroxylation is 2. The third kappa shape index (κ3) is 2.21. The number of carbonyl (C=O) groups is 2. The molecule has 6 nitrogen and oxygen atoms in total. The van der Waals surface area contributed by atoms with Crippen LogP contribution in [0.1, 0.15) is 23.0 Å². The first-order valence-electron chi connectivity index (χ1n) is 4.84. The maximum Gasteiger partial charge on any atom is 0.326 e. The summed E-state index contributed by atoms with van der Waals surface area (Å²) in [5, 5.41) is 12.8. The molecule has 1 rings (SSSR count). The molecule has 1 aromatic heterocycles. The predicted octanol–water partition coefficient (Wildman–Crippen LogP) is 0.274. The molecule has 0 fully saturated rings. The van der Waals surface area contributed by atoms with Crippen LogP contribution in [0.15, 0.2) is 6.20 Å². The average molecular weight is 225 g/mol. The molecule has 1 unspecified atom stereocenters. The topological polar surface area (TPSA) is 75.4 Å². The molecule has 88 valence electrons. The molecule has 1 amide bonds. The summed E-state index contributed by atoms with van der Waals surface area (Å²) in [7, 11) is 3.17. The summed E-state index contributed by atoms with van der Waals surface area (Å²) < 4.78 is 1.53.